The molecule has 0 radical (unpaired) electrons. The molecule has 1 N–H and O–H groups in total. The summed E-state index contributed by atoms with van der Waals surface area (Å²) in [5.74, 6) is -0.449. The van der Waals surface area contributed by atoms with Crippen molar-refractivity contribution < 1.29 is 4.42 Å². The lowest BCUT2D eigenvalue weighted by Gasteiger charge is -2.06. The zero-order valence-electron chi connectivity index (χ0n) is 10.8. The van der Waals surface area contributed by atoms with Crippen LogP contribution in [0.3, 0.4) is 0 Å². The van der Waals surface area contributed by atoms with Crippen LogP contribution < -0.4 is 5.76 Å². The highest BCUT2D eigenvalue weighted by Crippen LogP contribution is 2.37. The monoisotopic (exact) mass is 315 g/mol. The molecule has 1 atom stereocenters. The van der Waals surface area contributed by atoms with E-state index in [2.05, 4.69) is 23.2 Å². The SMILES string of the molecule is O=c1[nH]c2ccc(C(Cl)c3cc4ccccc4s3)cc2o1. The van der Waals surface area contributed by atoms with E-state index in [0.29, 0.717) is 11.1 Å². The van der Waals surface area contributed by atoms with Crippen molar-refractivity contribution in [3.05, 3.63) is 69.5 Å². The molecule has 0 bridgehead atoms. The van der Waals surface area contributed by atoms with Crippen molar-refractivity contribution in [3.8, 4) is 0 Å². The number of hydrogen-bond acceptors (Lipinski definition) is 3. The molecule has 0 spiro atoms. The molecule has 2 aromatic heterocycles. The molecule has 21 heavy (non-hydrogen) atoms. The fraction of sp³-hybridized carbons (Fsp3) is 0.0625. The Hall–Kier alpha value is -2.04. The van der Waals surface area contributed by atoms with Crippen LogP contribution in [0.25, 0.3) is 21.2 Å². The predicted octanol–water partition coefficient (Wildman–Crippen LogP) is 4.66. The molecule has 0 saturated heterocycles. The zero-order valence-corrected chi connectivity index (χ0v) is 12.4. The van der Waals surface area contributed by atoms with Crippen molar-refractivity contribution in [1.29, 1.82) is 0 Å². The van der Waals surface area contributed by atoms with Gasteiger partial charge in [-0.1, -0.05) is 24.3 Å². The first-order chi connectivity index (χ1) is 10.2. The minimum atomic E-state index is -0.449. The first kappa shape index (κ1) is 12.7. The lowest BCUT2D eigenvalue weighted by molar-refractivity contribution is 0.555. The largest absolute Gasteiger partial charge is 0.417 e. The Balaban J connectivity index is 1.80. The highest BCUT2D eigenvalue weighted by Gasteiger charge is 2.15. The van der Waals surface area contributed by atoms with Gasteiger partial charge in [0.05, 0.1) is 10.9 Å². The van der Waals surface area contributed by atoms with Crippen LogP contribution in [0.15, 0.2) is 57.7 Å². The first-order valence-corrected chi connectivity index (χ1v) is 7.71. The van der Waals surface area contributed by atoms with Crippen LogP contribution in [0.5, 0.6) is 0 Å². The van der Waals surface area contributed by atoms with E-state index in [1.807, 2.05) is 30.3 Å². The number of aromatic nitrogens is 1. The van der Waals surface area contributed by atoms with Crippen molar-refractivity contribution in [2.24, 2.45) is 0 Å². The molecule has 0 saturated carbocycles. The summed E-state index contributed by atoms with van der Waals surface area (Å²) < 4.78 is 6.30. The van der Waals surface area contributed by atoms with E-state index >= 15 is 0 Å². The standard InChI is InChI=1S/C16H10ClNO2S/c17-15(14-8-9-3-1-2-4-13(9)21-14)10-5-6-11-12(7-10)20-16(19)18-11/h1-8,15H,(H,18,19). The summed E-state index contributed by atoms with van der Waals surface area (Å²) in [6.07, 6.45) is 0. The van der Waals surface area contributed by atoms with E-state index in [4.69, 9.17) is 16.0 Å². The third-order valence-electron chi connectivity index (χ3n) is 3.43. The van der Waals surface area contributed by atoms with Crippen LogP contribution >= 0.6 is 22.9 Å². The third-order valence-corrected chi connectivity index (χ3v) is 5.23. The lowest BCUT2D eigenvalue weighted by atomic mass is 10.1. The van der Waals surface area contributed by atoms with Crippen LogP contribution in [0.2, 0.25) is 0 Å². The predicted molar refractivity (Wildman–Crippen MR) is 86.4 cm³/mol. The molecule has 0 amide bonds. The number of H-pyrrole nitrogens is 1. The maximum absolute atomic E-state index is 11.2. The van der Waals surface area contributed by atoms with Crippen molar-refractivity contribution in [3.63, 3.8) is 0 Å². The Morgan fingerprint density at radius 2 is 2.00 bits per heavy atom. The third kappa shape index (κ3) is 2.17. The van der Waals surface area contributed by atoms with Gasteiger partial charge in [0.15, 0.2) is 5.58 Å². The highest BCUT2D eigenvalue weighted by molar-refractivity contribution is 7.19. The van der Waals surface area contributed by atoms with Gasteiger partial charge in [-0.2, -0.15) is 0 Å². The molecule has 5 heteroatoms. The summed E-state index contributed by atoms with van der Waals surface area (Å²) in [4.78, 5) is 14.9. The number of benzene rings is 2. The normalized spacial score (nSPS) is 13.0. The van der Waals surface area contributed by atoms with Gasteiger partial charge in [-0.3, -0.25) is 4.98 Å². The quantitative estimate of drug-likeness (QED) is 0.547. The Morgan fingerprint density at radius 3 is 2.86 bits per heavy atom. The number of rotatable bonds is 2. The number of fused-ring (bicyclic) bond motifs is 2. The molecule has 3 nitrogen and oxygen atoms in total. The highest BCUT2D eigenvalue weighted by atomic mass is 35.5. The maximum Gasteiger partial charge on any atom is 0.417 e. The first-order valence-electron chi connectivity index (χ1n) is 6.46. The maximum atomic E-state index is 11.2. The van der Waals surface area contributed by atoms with Gasteiger partial charge in [0.2, 0.25) is 0 Å². The number of hydrogen-bond donors (Lipinski definition) is 1. The lowest BCUT2D eigenvalue weighted by Crippen LogP contribution is -1.92. The van der Waals surface area contributed by atoms with E-state index < -0.39 is 5.76 Å². The number of nitrogens with one attached hydrogen (secondary N) is 1. The van der Waals surface area contributed by atoms with E-state index in [9.17, 15) is 4.79 Å². The minimum Gasteiger partial charge on any atom is -0.408 e. The average molecular weight is 316 g/mol. The van der Waals surface area contributed by atoms with Crippen LogP contribution in [0.4, 0.5) is 0 Å². The smallest absolute Gasteiger partial charge is 0.408 e. The summed E-state index contributed by atoms with van der Waals surface area (Å²) >= 11 is 8.27. The molecule has 0 fully saturated rings. The summed E-state index contributed by atoms with van der Waals surface area (Å²) in [7, 11) is 0. The summed E-state index contributed by atoms with van der Waals surface area (Å²) in [5, 5.41) is 0.935. The Kier molecular flexibility index (Phi) is 2.87. The van der Waals surface area contributed by atoms with Crippen LogP contribution in [-0.2, 0) is 0 Å². The van der Waals surface area contributed by atoms with Gasteiger partial charge >= 0.3 is 5.76 Å². The minimum absolute atomic E-state index is 0.257. The van der Waals surface area contributed by atoms with E-state index in [0.717, 1.165) is 10.4 Å². The summed E-state index contributed by atoms with van der Waals surface area (Å²) in [6.45, 7) is 0. The van der Waals surface area contributed by atoms with Crippen LogP contribution in [0.1, 0.15) is 15.8 Å². The fourth-order valence-corrected chi connectivity index (χ4v) is 3.81. The van der Waals surface area contributed by atoms with Gasteiger partial charge in [0.1, 0.15) is 0 Å². The van der Waals surface area contributed by atoms with Crippen molar-refractivity contribution >= 4 is 44.1 Å². The van der Waals surface area contributed by atoms with E-state index in [-0.39, 0.29) is 5.38 Å². The summed E-state index contributed by atoms with van der Waals surface area (Å²) in [5.41, 5.74) is 2.13. The number of aromatic amines is 1. The summed E-state index contributed by atoms with van der Waals surface area (Å²) in [6, 6.07) is 15.8. The second-order valence-electron chi connectivity index (χ2n) is 4.82. The molecular weight excluding hydrogens is 306 g/mol. The molecule has 4 aromatic rings. The second-order valence-corrected chi connectivity index (χ2v) is 6.37. The van der Waals surface area contributed by atoms with E-state index in [1.165, 1.54) is 10.1 Å². The fourth-order valence-electron chi connectivity index (χ4n) is 2.41. The average Bonchev–Trinajstić information content (AvgIpc) is 3.07. The van der Waals surface area contributed by atoms with Crippen LogP contribution in [-0.4, -0.2) is 4.98 Å². The van der Waals surface area contributed by atoms with Gasteiger partial charge in [-0.25, -0.2) is 4.79 Å². The number of thiophene rings is 1. The van der Waals surface area contributed by atoms with Crippen molar-refractivity contribution in [1.82, 2.24) is 4.98 Å². The molecule has 0 aliphatic carbocycles. The van der Waals surface area contributed by atoms with E-state index in [1.54, 1.807) is 11.3 Å². The van der Waals surface area contributed by atoms with Crippen molar-refractivity contribution in [2.45, 2.75) is 5.38 Å². The second kappa shape index (κ2) is 4.76. The van der Waals surface area contributed by atoms with Gasteiger partial charge < -0.3 is 4.42 Å². The number of halogens is 1. The Morgan fingerprint density at radius 1 is 1.14 bits per heavy atom. The zero-order chi connectivity index (χ0) is 14.4. The molecule has 104 valence electrons. The Labute approximate surface area is 128 Å². The number of alkyl halides is 1. The molecule has 4 rings (SSSR count). The number of oxazole rings is 1. The Bertz CT molecular complexity index is 965. The van der Waals surface area contributed by atoms with Gasteiger partial charge in [0.25, 0.3) is 0 Å². The van der Waals surface area contributed by atoms with Crippen molar-refractivity contribution in [2.75, 3.05) is 0 Å². The topological polar surface area (TPSA) is 46.0 Å². The molecule has 2 aromatic carbocycles. The molecule has 2 heterocycles. The van der Waals surface area contributed by atoms with Gasteiger partial charge in [-0.05, 0) is 35.2 Å². The van der Waals surface area contributed by atoms with Gasteiger partial charge in [0, 0.05) is 9.58 Å². The van der Waals surface area contributed by atoms with Gasteiger partial charge in [-0.15, -0.1) is 22.9 Å². The molecule has 0 aliphatic rings. The molecule has 0 aliphatic heterocycles. The molecule has 1 unspecified atom stereocenters. The molecular formula is C16H10ClNO2S. The van der Waals surface area contributed by atoms with Crippen LogP contribution in [0, 0.1) is 0 Å².